The van der Waals surface area contributed by atoms with E-state index in [1.807, 2.05) is 6.92 Å². The summed E-state index contributed by atoms with van der Waals surface area (Å²) in [6, 6.07) is 16.7. The van der Waals surface area contributed by atoms with Gasteiger partial charge in [0.1, 0.15) is 11.8 Å². The number of carbonyl (C=O) groups is 3. The average Bonchev–Trinajstić information content (AvgIpc) is 3.13. The third-order valence-corrected chi connectivity index (χ3v) is 5.54. The highest BCUT2D eigenvalue weighted by Gasteiger charge is 2.47. The Morgan fingerprint density at radius 3 is 2.53 bits per heavy atom. The molecule has 1 aliphatic heterocycles. The summed E-state index contributed by atoms with van der Waals surface area (Å²) in [6.07, 6.45) is 2.20. The van der Waals surface area contributed by atoms with Gasteiger partial charge in [-0.1, -0.05) is 42.8 Å². The summed E-state index contributed by atoms with van der Waals surface area (Å²) in [5.74, 6) is -2.61. The number of rotatable bonds is 6. The van der Waals surface area contributed by atoms with E-state index >= 15 is 0 Å². The zero-order valence-electron chi connectivity index (χ0n) is 18.3. The fourth-order valence-electron chi connectivity index (χ4n) is 3.77. The summed E-state index contributed by atoms with van der Waals surface area (Å²) in [4.78, 5) is 44.4. The molecule has 1 fully saturated rings. The van der Waals surface area contributed by atoms with E-state index in [2.05, 4.69) is 4.98 Å². The predicted molar refractivity (Wildman–Crippen MR) is 127 cm³/mol. The highest BCUT2D eigenvalue weighted by Crippen LogP contribution is 2.41. The number of nitrogens with zero attached hydrogens (tertiary/aromatic N) is 2. The Morgan fingerprint density at radius 2 is 1.82 bits per heavy atom. The molecule has 34 heavy (non-hydrogen) atoms. The van der Waals surface area contributed by atoms with E-state index in [4.69, 9.17) is 16.3 Å². The molecule has 1 saturated heterocycles. The van der Waals surface area contributed by atoms with Crippen molar-refractivity contribution in [2.45, 2.75) is 19.4 Å². The van der Waals surface area contributed by atoms with E-state index in [-0.39, 0.29) is 23.5 Å². The number of ketones is 1. The minimum Gasteiger partial charge on any atom is -0.507 e. The van der Waals surface area contributed by atoms with Gasteiger partial charge in [-0.05, 0) is 48.9 Å². The predicted octanol–water partition coefficient (Wildman–Crippen LogP) is 4.93. The van der Waals surface area contributed by atoms with E-state index < -0.39 is 23.7 Å². The van der Waals surface area contributed by atoms with Gasteiger partial charge < -0.3 is 9.84 Å². The van der Waals surface area contributed by atoms with Crippen LogP contribution in [0.5, 0.6) is 0 Å². The Kier molecular flexibility index (Phi) is 6.75. The van der Waals surface area contributed by atoms with E-state index in [0.29, 0.717) is 28.4 Å². The van der Waals surface area contributed by atoms with Gasteiger partial charge in [0.25, 0.3) is 11.7 Å². The first-order valence-electron chi connectivity index (χ1n) is 10.7. The van der Waals surface area contributed by atoms with Crippen LogP contribution in [-0.2, 0) is 14.3 Å². The summed E-state index contributed by atoms with van der Waals surface area (Å²) in [6.45, 7) is 2.15. The number of anilines is 1. The van der Waals surface area contributed by atoms with Crippen LogP contribution in [0.15, 0.2) is 78.5 Å². The highest BCUT2D eigenvalue weighted by atomic mass is 35.5. The second-order valence-corrected chi connectivity index (χ2v) is 8.06. The van der Waals surface area contributed by atoms with Gasteiger partial charge in [0.15, 0.2) is 0 Å². The number of aromatic nitrogens is 1. The fraction of sp³-hybridized carbons (Fsp3) is 0.154. The van der Waals surface area contributed by atoms with Crippen molar-refractivity contribution in [3.05, 3.63) is 100 Å². The lowest BCUT2D eigenvalue weighted by Gasteiger charge is -2.25. The summed E-state index contributed by atoms with van der Waals surface area (Å²) in [5.41, 5.74) is 1.09. The minimum absolute atomic E-state index is 0.120. The van der Waals surface area contributed by atoms with Crippen molar-refractivity contribution in [2.24, 2.45) is 0 Å². The molecular formula is C26H21ClN2O5. The maximum Gasteiger partial charge on any atom is 0.338 e. The lowest BCUT2D eigenvalue weighted by Crippen LogP contribution is -2.30. The van der Waals surface area contributed by atoms with Gasteiger partial charge >= 0.3 is 5.97 Å². The third kappa shape index (κ3) is 4.43. The number of esters is 1. The number of benzene rings is 2. The molecule has 1 aliphatic rings. The summed E-state index contributed by atoms with van der Waals surface area (Å²) in [7, 11) is 0. The molecule has 1 amide bonds. The molecule has 1 unspecified atom stereocenters. The zero-order valence-corrected chi connectivity index (χ0v) is 19.0. The molecule has 8 heteroatoms. The largest absolute Gasteiger partial charge is 0.507 e. The summed E-state index contributed by atoms with van der Waals surface area (Å²) >= 11 is 6.07. The molecule has 0 saturated carbocycles. The Labute approximate surface area is 201 Å². The Morgan fingerprint density at radius 1 is 1.06 bits per heavy atom. The van der Waals surface area contributed by atoms with Gasteiger partial charge in [0.05, 0.1) is 23.4 Å². The van der Waals surface area contributed by atoms with Crippen LogP contribution in [0, 0.1) is 0 Å². The fourth-order valence-corrected chi connectivity index (χ4v) is 3.96. The van der Waals surface area contributed by atoms with Crippen LogP contribution in [0.2, 0.25) is 5.02 Å². The molecule has 0 radical (unpaired) electrons. The Hall–Kier alpha value is -3.97. The second kappa shape index (κ2) is 9.89. The third-order valence-electron chi connectivity index (χ3n) is 5.31. The van der Waals surface area contributed by atoms with E-state index in [1.165, 1.54) is 23.2 Å². The minimum atomic E-state index is -1.01. The molecule has 2 aromatic carbocycles. The molecule has 1 N–H and O–H groups in total. The Bertz CT molecular complexity index is 1290. The number of aliphatic hydroxyl groups excluding tert-OH is 1. The van der Waals surface area contributed by atoms with Crippen LogP contribution in [0.3, 0.4) is 0 Å². The van der Waals surface area contributed by atoms with Gasteiger partial charge in [0.2, 0.25) is 0 Å². The topological polar surface area (TPSA) is 96.8 Å². The van der Waals surface area contributed by atoms with Gasteiger partial charge in [0, 0.05) is 22.5 Å². The number of hydrogen-bond donors (Lipinski definition) is 1. The lowest BCUT2D eigenvalue weighted by molar-refractivity contribution is -0.132. The number of halogens is 1. The molecule has 1 atom stereocenters. The van der Waals surface area contributed by atoms with Crippen molar-refractivity contribution in [2.75, 3.05) is 11.5 Å². The maximum atomic E-state index is 13.2. The summed E-state index contributed by atoms with van der Waals surface area (Å²) < 4.78 is 5.20. The molecule has 0 spiro atoms. The number of Topliss-reactive ketones (excluding diaryl/α,β-unsaturated/α-hetero) is 1. The first-order valence-corrected chi connectivity index (χ1v) is 11.0. The van der Waals surface area contributed by atoms with Crippen LogP contribution >= 0.6 is 11.6 Å². The highest BCUT2D eigenvalue weighted by molar-refractivity contribution is 6.51. The standard InChI is InChI=1S/C26H21ClN2O5/c1-2-13-34-26(33)17-8-6-10-19(15-17)29-22(20-11-3-4-12-28-20)21(24(31)25(29)32)23(30)16-7-5-9-18(27)14-16/h3-12,14-15,22,30H,2,13H2,1H3/b23-21+. The monoisotopic (exact) mass is 476 g/mol. The smallest absolute Gasteiger partial charge is 0.338 e. The van der Waals surface area contributed by atoms with E-state index in [1.54, 1.807) is 54.6 Å². The Balaban J connectivity index is 1.87. The number of ether oxygens (including phenoxy) is 1. The molecule has 4 rings (SSSR count). The van der Waals surface area contributed by atoms with Crippen LogP contribution < -0.4 is 4.90 Å². The van der Waals surface area contributed by atoms with Gasteiger partial charge in [-0.15, -0.1) is 0 Å². The van der Waals surface area contributed by atoms with Gasteiger partial charge in [-0.25, -0.2) is 4.79 Å². The normalized spacial score (nSPS) is 17.1. The quantitative estimate of drug-likeness (QED) is 0.234. The van der Waals surface area contributed by atoms with Crippen LogP contribution in [0.4, 0.5) is 5.69 Å². The molecule has 7 nitrogen and oxygen atoms in total. The number of amides is 1. The average molecular weight is 477 g/mol. The van der Waals surface area contributed by atoms with Gasteiger partial charge in [-0.3, -0.25) is 19.5 Å². The van der Waals surface area contributed by atoms with Crippen molar-refractivity contribution in [1.82, 2.24) is 4.98 Å². The van der Waals surface area contributed by atoms with Crippen LogP contribution in [0.25, 0.3) is 5.76 Å². The van der Waals surface area contributed by atoms with Crippen molar-refractivity contribution in [1.29, 1.82) is 0 Å². The van der Waals surface area contributed by atoms with Gasteiger partial charge in [-0.2, -0.15) is 0 Å². The lowest BCUT2D eigenvalue weighted by atomic mass is 9.98. The summed E-state index contributed by atoms with van der Waals surface area (Å²) in [5, 5.41) is 11.5. The number of hydrogen-bond acceptors (Lipinski definition) is 6. The molecule has 0 bridgehead atoms. The van der Waals surface area contributed by atoms with E-state index in [0.717, 1.165) is 0 Å². The molecular weight excluding hydrogens is 456 g/mol. The van der Waals surface area contributed by atoms with Crippen LogP contribution in [0.1, 0.15) is 41.0 Å². The molecule has 0 aliphatic carbocycles. The molecule has 1 aromatic heterocycles. The number of aliphatic hydroxyl groups is 1. The number of pyridine rings is 1. The molecule has 2 heterocycles. The number of carbonyl (C=O) groups excluding carboxylic acids is 3. The van der Waals surface area contributed by atoms with Crippen molar-refractivity contribution in [3.63, 3.8) is 0 Å². The molecule has 172 valence electrons. The maximum absolute atomic E-state index is 13.2. The molecule has 3 aromatic rings. The SMILES string of the molecule is CCCOC(=O)c1cccc(N2C(=O)C(=O)/C(=C(/O)c3cccc(Cl)c3)C2c2ccccn2)c1. The van der Waals surface area contributed by atoms with Crippen molar-refractivity contribution in [3.8, 4) is 0 Å². The first-order chi connectivity index (χ1) is 16.4. The van der Waals surface area contributed by atoms with Crippen LogP contribution in [-0.4, -0.2) is 34.4 Å². The zero-order chi connectivity index (χ0) is 24.2. The van der Waals surface area contributed by atoms with E-state index in [9.17, 15) is 19.5 Å². The van der Waals surface area contributed by atoms with Crippen molar-refractivity contribution >= 4 is 40.7 Å². The second-order valence-electron chi connectivity index (χ2n) is 7.62. The van der Waals surface area contributed by atoms with Crippen molar-refractivity contribution < 1.29 is 24.2 Å². The first kappa shape index (κ1) is 23.2.